The minimum atomic E-state index is -0.962. The van der Waals surface area contributed by atoms with Crippen LogP contribution in [0.4, 0.5) is 0 Å². The molecule has 0 amide bonds. The minimum absolute atomic E-state index is 0.0195. The Morgan fingerprint density at radius 1 is 1.43 bits per heavy atom. The van der Waals surface area contributed by atoms with Gasteiger partial charge in [0.15, 0.2) is 0 Å². The highest BCUT2D eigenvalue weighted by atomic mass is 16.4. The summed E-state index contributed by atoms with van der Waals surface area (Å²) in [6.07, 6.45) is 0.400. The van der Waals surface area contributed by atoms with Crippen LogP contribution >= 0.6 is 0 Å². The lowest BCUT2D eigenvalue weighted by Gasteiger charge is -1.94. The molecule has 0 heterocycles. The van der Waals surface area contributed by atoms with E-state index in [2.05, 4.69) is 11.8 Å². The summed E-state index contributed by atoms with van der Waals surface area (Å²) in [6, 6.07) is 6.40. The monoisotopic (exact) mass is 190 g/mol. The molecule has 1 aromatic rings. The maximum absolute atomic E-state index is 10.6. The van der Waals surface area contributed by atoms with E-state index in [0.717, 1.165) is 0 Å². The normalized spacial score (nSPS) is 8.93. The van der Waals surface area contributed by atoms with Crippen LogP contribution in [0, 0.1) is 11.8 Å². The molecule has 1 aromatic carbocycles. The Bertz CT molecular complexity index is 385. The Morgan fingerprint density at radius 3 is 2.86 bits per heavy atom. The van der Waals surface area contributed by atoms with E-state index >= 15 is 0 Å². The van der Waals surface area contributed by atoms with Crippen molar-refractivity contribution in [3.05, 3.63) is 35.4 Å². The Balaban J connectivity index is 2.85. The zero-order chi connectivity index (χ0) is 10.4. The molecule has 0 unspecified atom stereocenters. The topological polar surface area (TPSA) is 57.5 Å². The number of carboxylic acid groups (broad SMARTS) is 1. The second kappa shape index (κ2) is 5.05. The van der Waals surface area contributed by atoms with Gasteiger partial charge in [0.05, 0.1) is 12.2 Å². The number of carboxylic acids is 1. The first-order valence-electron chi connectivity index (χ1n) is 4.17. The van der Waals surface area contributed by atoms with Gasteiger partial charge < -0.3 is 10.2 Å². The van der Waals surface area contributed by atoms with Gasteiger partial charge in [0.25, 0.3) is 0 Å². The number of aromatic carboxylic acids is 1. The van der Waals surface area contributed by atoms with E-state index in [4.69, 9.17) is 10.2 Å². The van der Waals surface area contributed by atoms with Crippen LogP contribution in [-0.2, 0) is 0 Å². The quantitative estimate of drug-likeness (QED) is 0.687. The zero-order valence-electron chi connectivity index (χ0n) is 7.53. The Kier molecular flexibility index (Phi) is 3.71. The average molecular weight is 190 g/mol. The van der Waals surface area contributed by atoms with Crippen LogP contribution in [0.1, 0.15) is 22.3 Å². The van der Waals surface area contributed by atoms with Gasteiger partial charge in [0.1, 0.15) is 0 Å². The molecular formula is C11H10O3. The molecule has 0 aliphatic carbocycles. The van der Waals surface area contributed by atoms with Crippen molar-refractivity contribution in [3.63, 3.8) is 0 Å². The Hall–Kier alpha value is -1.79. The smallest absolute Gasteiger partial charge is 0.335 e. The molecule has 0 aliphatic heterocycles. The number of rotatable bonds is 2. The molecule has 72 valence electrons. The Morgan fingerprint density at radius 2 is 2.21 bits per heavy atom. The minimum Gasteiger partial charge on any atom is -0.478 e. The first kappa shape index (κ1) is 10.3. The molecule has 3 nitrogen and oxygen atoms in total. The van der Waals surface area contributed by atoms with Crippen molar-refractivity contribution < 1.29 is 15.0 Å². The fourth-order valence-corrected chi connectivity index (χ4v) is 0.950. The van der Waals surface area contributed by atoms with Crippen molar-refractivity contribution in [2.45, 2.75) is 6.42 Å². The molecule has 2 N–H and O–H groups in total. The summed E-state index contributed by atoms with van der Waals surface area (Å²) in [7, 11) is 0. The van der Waals surface area contributed by atoms with Crippen LogP contribution < -0.4 is 0 Å². The highest BCUT2D eigenvalue weighted by Crippen LogP contribution is 2.03. The SMILES string of the molecule is O=C(O)c1cccc(C#CCCO)c1. The lowest BCUT2D eigenvalue weighted by atomic mass is 10.1. The molecule has 0 aromatic heterocycles. The van der Waals surface area contributed by atoms with Crippen LogP contribution in [0.3, 0.4) is 0 Å². The first-order valence-corrected chi connectivity index (χ1v) is 4.17. The number of aliphatic hydroxyl groups excluding tert-OH is 1. The van der Waals surface area contributed by atoms with Gasteiger partial charge in [-0.2, -0.15) is 0 Å². The van der Waals surface area contributed by atoms with E-state index in [9.17, 15) is 4.79 Å². The number of hydrogen-bond acceptors (Lipinski definition) is 2. The molecule has 0 spiro atoms. The van der Waals surface area contributed by atoms with Crippen molar-refractivity contribution in [3.8, 4) is 11.8 Å². The predicted molar refractivity (Wildman–Crippen MR) is 52.0 cm³/mol. The molecule has 0 bridgehead atoms. The van der Waals surface area contributed by atoms with E-state index in [1.165, 1.54) is 12.1 Å². The van der Waals surface area contributed by atoms with E-state index in [0.29, 0.717) is 12.0 Å². The maximum atomic E-state index is 10.6. The third-order valence-corrected chi connectivity index (χ3v) is 1.58. The third-order valence-electron chi connectivity index (χ3n) is 1.58. The van der Waals surface area contributed by atoms with Gasteiger partial charge >= 0.3 is 5.97 Å². The molecule has 14 heavy (non-hydrogen) atoms. The second-order valence-electron chi connectivity index (χ2n) is 2.66. The van der Waals surface area contributed by atoms with Crippen molar-refractivity contribution >= 4 is 5.97 Å². The summed E-state index contributed by atoms with van der Waals surface area (Å²) < 4.78 is 0. The zero-order valence-corrected chi connectivity index (χ0v) is 7.53. The lowest BCUT2D eigenvalue weighted by molar-refractivity contribution is 0.0697. The second-order valence-corrected chi connectivity index (χ2v) is 2.66. The maximum Gasteiger partial charge on any atom is 0.335 e. The number of carbonyl (C=O) groups is 1. The van der Waals surface area contributed by atoms with Gasteiger partial charge in [-0.05, 0) is 18.2 Å². The number of aliphatic hydroxyl groups is 1. The molecule has 1 rings (SSSR count). The third kappa shape index (κ3) is 2.92. The van der Waals surface area contributed by atoms with E-state index in [1.54, 1.807) is 12.1 Å². The summed E-state index contributed by atoms with van der Waals surface area (Å²) in [5.74, 6) is 4.53. The van der Waals surface area contributed by atoms with Crippen LogP contribution in [0.2, 0.25) is 0 Å². The molecule has 3 heteroatoms. The van der Waals surface area contributed by atoms with Crippen LogP contribution in [0.25, 0.3) is 0 Å². The van der Waals surface area contributed by atoms with E-state index < -0.39 is 5.97 Å². The summed E-state index contributed by atoms with van der Waals surface area (Å²) in [5.41, 5.74) is 0.874. The summed E-state index contributed by atoms with van der Waals surface area (Å²) in [4.78, 5) is 10.6. The van der Waals surface area contributed by atoms with Crippen molar-refractivity contribution in [2.75, 3.05) is 6.61 Å². The lowest BCUT2D eigenvalue weighted by Crippen LogP contribution is -1.95. The van der Waals surface area contributed by atoms with Gasteiger partial charge in [0.2, 0.25) is 0 Å². The Labute approximate surface area is 82.0 Å². The highest BCUT2D eigenvalue weighted by molar-refractivity contribution is 5.87. The van der Waals surface area contributed by atoms with Crippen molar-refractivity contribution in [2.24, 2.45) is 0 Å². The predicted octanol–water partition coefficient (Wildman–Crippen LogP) is 1.12. The van der Waals surface area contributed by atoms with Crippen molar-refractivity contribution in [1.82, 2.24) is 0 Å². The largest absolute Gasteiger partial charge is 0.478 e. The molecule has 0 saturated carbocycles. The fourth-order valence-electron chi connectivity index (χ4n) is 0.950. The molecular weight excluding hydrogens is 180 g/mol. The first-order chi connectivity index (χ1) is 6.74. The van der Waals surface area contributed by atoms with Crippen LogP contribution in [0.15, 0.2) is 24.3 Å². The molecule has 0 fully saturated rings. The van der Waals surface area contributed by atoms with Crippen LogP contribution in [-0.4, -0.2) is 22.8 Å². The molecule has 0 atom stereocenters. The van der Waals surface area contributed by atoms with Crippen LogP contribution in [0.5, 0.6) is 0 Å². The molecule has 0 saturated heterocycles. The van der Waals surface area contributed by atoms with Gasteiger partial charge in [-0.1, -0.05) is 17.9 Å². The highest BCUT2D eigenvalue weighted by Gasteiger charge is 2.00. The average Bonchev–Trinajstić information content (AvgIpc) is 2.19. The summed E-state index contributed by atoms with van der Waals surface area (Å²) in [5, 5.41) is 17.2. The van der Waals surface area contributed by atoms with Gasteiger partial charge in [0, 0.05) is 12.0 Å². The fraction of sp³-hybridized carbons (Fsp3) is 0.182. The number of hydrogen-bond donors (Lipinski definition) is 2. The van der Waals surface area contributed by atoms with E-state index in [-0.39, 0.29) is 12.2 Å². The standard InChI is InChI=1S/C11H10O3/c12-7-2-1-4-9-5-3-6-10(8-9)11(13)14/h3,5-6,8,12H,2,7H2,(H,13,14). The van der Waals surface area contributed by atoms with Gasteiger partial charge in [-0.25, -0.2) is 4.79 Å². The van der Waals surface area contributed by atoms with Gasteiger partial charge in [-0.15, -0.1) is 0 Å². The number of benzene rings is 1. The van der Waals surface area contributed by atoms with E-state index in [1.807, 2.05) is 0 Å². The van der Waals surface area contributed by atoms with Crippen molar-refractivity contribution in [1.29, 1.82) is 0 Å². The molecule has 0 aliphatic rings. The summed E-state index contributed by atoms with van der Waals surface area (Å²) >= 11 is 0. The summed E-state index contributed by atoms with van der Waals surface area (Å²) in [6.45, 7) is 0.0195. The molecule has 0 radical (unpaired) electrons. The van der Waals surface area contributed by atoms with Gasteiger partial charge in [-0.3, -0.25) is 0 Å².